The molecule has 0 spiro atoms. The summed E-state index contributed by atoms with van der Waals surface area (Å²) in [5.74, 6) is -1.19. The van der Waals surface area contributed by atoms with E-state index in [0.29, 0.717) is 24.2 Å². The second kappa shape index (κ2) is 5.64. The first-order valence-corrected chi connectivity index (χ1v) is 5.52. The molecular formula is C12H9F3N4O. The lowest BCUT2D eigenvalue weighted by Gasteiger charge is -2.06. The molecule has 2 aromatic heterocycles. The van der Waals surface area contributed by atoms with Gasteiger partial charge in [0.05, 0.1) is 5.69 Å². The summed E-state index contributed by atoms with van der Waals surface area (Å²) in [7, 11) is 0. The molecule has 0 saturated carbocycles. The highest BCUT2D eigenvalue weighted by molar-refractivity contribution is 5.57. The van der Waals surface area contributed by atoms with Crippen LogP contribution in [-0.2, 0) is 17.5 Å². The van der Waals surface area contributed by atoms with Crippen LogP contribution in [0.3, 0.4) is 0 Å². The van der Waals surface area contributed by atoms with Gasteiger partial charge in [-0.25, -0.2) is 9.97 Å². The maximum atomic E-state index is 12.3. The van der Waals surface area contributed by atoms with E-state index in [9.17, 15) is 18.0 Å². The number of nitrogens with zero attached hydrogens (tertiary/aromatic N) is 3. The molecule has 0 aliphatic rings. The van der Waals surface area contributed by atoms with Gasteiger partial charge in [0.1, 0.15) is 0 Å². The molecule has 8 heteroatoms. The van der Waals surface area contributed by atoms with Crippen molar-refractivity contribution >= 4 is 6.41 Å². The lowest BCUT2D eigenvalue weighted by molar-refractivity contribution is -0.145. The first-order chi connectivity index (χ1) is 9.50. The molecule has 1 amide bonds. The maximum Gasteiger partial charge on any atom is 0.451 e. The van der Waals surface area contributed by atoms with Crippen molar-refractivity contribution in [3.05, 3.63) is 42.1 Å². The molecule has 2 rings (SSSR count). The number of aromatic nitrogens is 3. The number of hydrogen-bond acceptors (Lipinski definition) is 4. The minimum atomic E-state index is -4.57. The zero-order chi connectivity index (χ0) is 14.6. The van der Waals surface area contributed by atoms with Crippen molar-refractivity contribution in [3.63, 3.8) is 0 Å². The van der Waals surface area contributed by atoms with Gasteiger partial charge in [0.2, 0.25) is 12.2 Å². The Kier molecular flexibility index (Phi) is 3.92. The van der Waals surface area contributed by atoms with E-state index in [0.717, 1.165) is 18.0 Å². The Morgan fingerprint density at radius 2 is 1.90 bits per heavy atom. The Hall–Kier alpha value is -2.51. The van der Waals surface area contributed by atoms with E-state index in [4.69, 9.17) is 0 Å². The molecule has 5 nitrogen and oxygen atoms in total. The summed E-state index contributed by atoms with van der Waals surface area (Å²) in [4.78, 5) is 20.8. The summed E-state index contributed by atoms with van der Waals surface area (Å²) in [6.45, 7) is 0.306. The zero-order valence-electron chi connectivity index (χ0n) is 10.1. The number of rotatable bonds is 4. The predicted octanol–water partition coefficient (Wildman–Crippen LogP) is 1.80. The Morgan fingerprint density at radius 1 is 1.20 bits per heavy atom. The molecule has 0 atom stereocenters. The van der Waals surface area contributed by atoms with Gasteiger partial charge in [0.15, 0.2) is 0 Å². The number of hydrogen-bond donors (Lipinski definition) is 1. The number of amides is 1. The fourth-order valence-electron chi connectivity index (χ4n) is 1.51. The van der Waals surface area contributed by atoms with E-state index >= 15 is 0 Å². The van der Waals surface area contributed by atoms with Crippen LogP contribution in [0.15, 0.2) is 30.7 Å². The van der Waals surface area contributed by atoms with E-state index < -0.39 is 12.0 Å². The van der Waals surface area contributed by atoms with Crippen LogP contribution in [0, 0.1) is 0 Å². The second-order valence-corrected chi connectivity index (χ2v) is 3.84. The molecule has 0 radical (unpaired) electrons. The summed E-state index contributed by atoms with van der Waals surface area (Å²) in [6, 6.07) is 3.33. The third-order valence-electron chi connectivity index (χ3n) is 2.42. The molecule has 0 unspecified atom stereocenters. The molecule has 1 N–H and O–H groups in total. The summed E-state index contributed by atoms with van der Waals surface area (Å²) >= 11 is 0. The van der Waals surface area contributed by atoms with Gasteiger partial charge in [-0.2, -0.15) is 13.2 Å². The fourth-order valence-corrected chi connectivity index (χ4v) is 1.51. The van der Waals surface area contributed by atoms with Crippen molar-refractivity contribution < 1.29 is 18.0 Å². The highest BCUT2D eigenvalue weighted by Gasteiger charge is 2.34. The molecule has 0 fully saturated rings. The van der Waals surface area contributed by atoms with E-state index in [1.54, 1.807) is 12.1 Å². The number of carbonyl (C=O) groups excluding carboxylic acids is 1. The van der Waals surface area contributed by atoms with Crippen LogP contribution in [0.4, 0.5) is 13.2 Å². The lowest BCUT2D eigenvalue weighted by atomic mass is 10.1. The molecule has 2 heterocycles. The molecule has 0 saturated heterocycles. The van der Waals surface area contributed by atoms with Crippen molar-refractivity contribution in [1.82, 2.24) is 20.3 Å². The minimum absolute atomic E-state index is 0.306. The van der Waals surface area contributed by atoms with Crippen LogP contribution >= 0.6 is 0 Å². The van der Waals surface area contributed by atoms with Gasteiger partial charge in [-0.3, -0.25) is 9.78 Å². The average molecular weight is 282 g/mol. The molecular weight excluding hydrogens is 273 g/mol. The monoisotopic (exact) mass is 282 g/mol. The molecule has 2 aromatic rings. The highest BCUT2D eigenvalue weighted by Crippen LogP contribution is 2.26. The van der Waals surface area contributed by atoms with E-state index in [1.807, 2.05) is 0 Å². The number of alkyl halides is 3. The van der Waals surface area contributed by atoms with Crippen LogP contribution in [0.2, 0.25) is 0 Å². The first kappa shape index (κ1) is 13.9. The Labute approximate surface area is 111 Å². The summed E-state index contributed by atoms with van der Waals surface area (Å²) in [5, 5.41) is 2.48. The fraction of sp³-hybridized carbons (Fsp3) is 0.167. The highest BCUT2D eigenvalue weighted by atomic mass is 19.4. The smallest absolute Gasteiger partial charge is 0.355 e. The van der Waals surface area contributed by atoms with Crippen molar-refractivity contribution in [2.24, 2.45) is 0 Å². The largest absolute Gasteiger partial charge is 0.451 e. The summed E-state index contributed by atoms with van der Waals surface area (Å²) < 4.78 is 37.0. The van der Waals surface area contributed by atoms with Gasteiger partial charge in [-0.1, -0.05) is 0 Å². The van der Waals surface area contributed by atoms with Crippen LogP contribution in [0.1, 0.15) is 11.4 Å². The third-order valence-corrected chi connectivity index (χ3v) is 2.42. The standard InChI is InChI=1S/C12H9F3N4O/c13-12(14,15)11-18-5-9(6-19-11)10-3-8(1-2-17-10)4-16-7-20/h1-3,5-7H,4H2,(H,16,20). The number of halogens is 3. The lowest BCUT2D eigenvalue weighted by Crippen LogP contribution is -2.11. The first-order valence-electron chi connectivity index (χ1n) is 5.52. The summed E-state index contributed by atoms with van der Waals surface area (Å²) in [5.41, 5.74) is 1.57. The maximum absolute atomic E-state index is 12.3. The van der Waals surface area contributed by atoms with Gasteiger partial charge < -0.3 is 5.32 Å². The molecule has 0 bridgehead atoms. The van der Waals surface area contributed by atoms with E-state index in [1.165, 1.54) is 6.20 Å². The molecule has 0 aliphatic heterocycles. The quantitative estimate of drug-likeness (QED) is 0.868. The Bertz CT molecular complexity index is 598. The average Bonchev–Trinajstić information content (AvgIpc) is 2.45. The third kappa shape index (κ3) is 3.28. The van der Waals surface area contributed by atoms with Gasteiger partial charge in [0.25, 0.3) is 0 Å². The Morgan fingerprint density at radius 3 is 2.50 bits per heavy atom. The van der Waals surface area contributed by atoms with E-state index in [-0.39, 0.29) is 0 Å². The van der Waals surface area contributed by atoms with Crippen molar-refractivity contribution in [3.8, 4) is 11.3 Å². The topological polar surface area (TPSA) is 67.8 Å². The predicted molar refractivity (Wildman–Crippen MR) is 63.2 cm³/mol. The summed E-state index contributed by atoms with van der Waals surface area (Å²) in [6.07, 6.45) is -0.387. The van der Waals surface area contributed by atoms with E-state index in [2.05, 4.69) is 20.3 Å². The molecule has 104 valence electrons. The van der Waals surface area contributed by atoms with Gasteiger partial charge in [-0.05, 0) is 17.7 Å². The number of pyridine rings is 1. The number of carbonyl (C=O) groups is 1. The molecule has 0 aromatic carbocycles. The van der Waals surface area contributed by atoms with Gasteiger partial charge in [-0.15, -0.1) is 0 Å². The van der Waals surface area contributed by atoms with Gasteiger partial charge in [0, 0.05) is 30.7 Å². The SMILES string of the molecule is O=CNCc1ccnc(-c2cnc(C(F)(F)F)nc2)c1. The molecule has 20 heavy (non-hydrogen) atoms. The minimum Gasteiger partial charge on any atom is -0.355 e. The zero-order valence-corrected chi connectivity index (χ0v) is 10.1. The van der Waals surface area contributed by atoms with Crippen molar-refractivity contribution in [2.75, 3.05) is 0 Å². The number of nitrogens with one attached hydrogen (secondary N) is 1. The van der Waals surface area contributed by atoms with Gasteiger partial charge >= 0.3 is 6.18 Å². The Balaban J connectivity index is 2.25. The van der Waals surface area contributed by atoms with Crippen LogP contribution in [0.25, 0.3) is 11.3 Å². The van der Waals surface area contributed by atoms with Crippen LogP contribution < -0.4 is 5.32 Å². The van der Waals surface area contributed by atoms with Crippen LogP contribution in [-0.4, -0.2) is 21.4 Å². The normalized spacial score (nSPS) is 11.2. The second-order valence-electron chi connectivity index (χ2n) is 3.84. The van der Waals surface area contributed by atoms with Crippen LogP contribution in [0.5, 0.6) is 0 Å². The van der Waals surface area contributed by atoms with Crippen molar-refractivity contribution in [2.45, 2.75) is 12.7 Å². The molecule has 0 aliphatic carbocycles. The van der Waals surface area contributed by atoms with Crippen molar-refractivity contribution in [1.29, 1.82) is 0 Å².